The predicted octanol–water partition coefficient (Wildman–Crippen LogP) is 5.03. The molecule has 0 amide bonds. The minimum absolute atomic E-state index is 0.192. The smallest absolute Gasteiger partial charge is 0.0921 e. The zero-order valence-electron chi connectivity index (χ0n) is 10.9. The van der Waals surface area contributed by atoms with Gasteiger partial charge in [-0.15, -0.1) is 0 Å². The molecule has 0 saturated carbocycles. The predicted molar refractivity (Wildman–Crippen MR) is 77.8 cm³/mol. The second-order valence-corrected chi connectivity index (χ2v) is 5.13. The molecular weight excluding hydrogens is 276 g/mol. The number of ether oxygens (including phenoxy) is 1. The molecule has 96 valence electrons. The quantitative estimate of drug-likeness (QED) is 0.483. The maximum atomic E-state index is 5.92. The summed E-state index contributed by atoms with van der Waals surface area (Å²) in [5, 5.41) is 0.865. The minimum atomic E-state index is 0.192. The molecule has 0 bridgehead atoms. The molecule has 1 unspecified atom stereocenters. The summed E-state index contributed by atoms with van der Waals surface area (Å²) in [5.41, 5.74) is 2.56. The molecular formula is C15H23BrO. The Morgan fingerprint density at radius 1 is 1.12 bits per heavy atom. The molecule has 1 aromatic carbocycles. The molecule has 0 fully saturated rings. The molecule has 1 aromatic rings. The van der Waals surface area contributed by atoms with Crippen LogP contribution in [0.5, 0.6) is 0 Å². The molecule has 0 heterocycles. The number of benzene rings is 1. The summed E-state index contributed by atoms with van der Waals surface area (Å²) in [6.45, 7) is 5.21. The van der Waals surface area contributed by atoms with E-state index in [2.05, 4.69) is 54.0 Å². The molecule has 0 aromatic heterocycles. The number of rotatable bonds is 8. The third-order valence-corrected chi connectivity index (χ3v) is 3.49. The summed E-state index contributed by atoms with van der Waals surface area (Å²) in [7, 11) is 0. The lowest BCUT2D eigenvalue weighted by Crippen LogP contribution is -2.07. The van der Waals surface area contributed by atoms with Gasteiger partial charge in [-0.3, -0.25) is 0 Å². The van der Waals surface area contributed by atoms with Gasteiger partial charge in [0.15, 0.2) is 0 Å². The van der Waals surface area contributed by atoms with Crippen molar-refractivity contribution >= 4 is 15.9 Å². The van der Waals surface area contributed by atoms with Gasteiger partial charge >= 0.3 is 0 Å². The van der Waals surface area contributed by atoms with Crippen molar-refractivity contribution < 1.29 is 4.74 Å². The van der Waals surface area contributed by atoms with E-state index in [9.17, 15) is 0 Å². The third kappa shape index (κ3) is 5.69. The van der Waals surface area contributed by atoms with Gasteiger partial charge in [-0.2, -0.15) is 0 Å². The van der Waals surface area contributed by atoms with E-state index in [1.54, 1.807) is 0 Å². The monoisotopic (exact) mass is 298 g/mol. The van der Waals surface area contributed by atoms with Crippen LogP contribution in [0.3, 0.4) is 0 Å². The Labute approximate surface area is 114 Å². The molecule has 0 spiro atoms. The highest BCUT2D eigenvalue weighted by Gasteiger charge is 2.09. The highest BCUT2D eigenvalue weighted by atomic mass is 79.9. The first kappa shape index (κ1) is 14.7. The second kappa shape index (κ2) is 8.71. The van der Waals surface area contributed by atoms with Gasteiger partial charge in [0.25, 0.3) is 0 Å². The van der Waals surface area contributed by atoms with Crippen LogP contribution in [-0.2, 0) is 4.74 Å². The Bertz CT molecular complexity index is 294. The molecule has 17 heavy (non-hydrogen) atoms. The van der Waals surface area contributed by atoms with Crippen LogP contribution in [-0.4, -0.2) is 11.9 Å². The maximum Gasteiger partial charge on any atom is 0.0921 e. The SMILES string of the molecule is CCCCCCOC(CBr)c1ccc(C)cc1. The normalized spacial score (nSPS) is 12.6. The van der Waals surface area contributed by atoms with E-state index in [1.807, 2.05) is 0 Å². The average molecular weight is 299 g/mol. The van der Waals surface area contributed by atoms with E-state index in [1.165, 1.54) is 36.8 Å². The van der Waals surface area contributed by atoms with Gasteiger partial charge in [-0.25, -0.2) is 0 Å². The summed E-state index contributed by atoms with van der Waals surface area (Å²) < 4.78 is 5.92. The largest absolute Gasteiger partial charge is 0.373 e. The summed E-state index contributed by atoms with van der Waals surface area (Å²) in [4.78, 5) is 0. The summed E-state index contributed by atoms with van der Waals surface area (Å²) in [6.07, 6.45) is 5.23. The zero-order chi connectivity index (χ0) is 12.5. The van der Waals surface area contributed by atoms with Crippen LogP contribution in [0, 0.1) is 6.92 Å². The van der Waals surface area contributed by atoms with Gasteiger partial charge in [-0.1, -0.05) is 71.9 Å². The van der Waals surface area contributed by atoms with Gasteiger partial charge in [0.05, 0.1) is 6.10 Å². The van der Waals surface area contributed by atoms with Gasteiger partial charge in [0, 0.05) is 11.9 Å². The van der Waals surface area contributed by atoms with E-state index in [-0.39, 0.29) is 6.10 Å². The maximum absolute atomic E-state index is 5.92. The van der Waals surface area contributed by atoms with Crippen LogP contribution in [0.2, 0.25) is 0 Å². The molecule has 1 rings (SSSR count). The molecule has 0 saturated heterocycles. The number of halogens is 1. The molecule has 0 aliphatic heterocycles. The first-order valence-electron chi connectivity index (χ1n) is 6.52. The van der Waals surface area contributed by atoms with E-state index in [0.717, 1.165) is 11.9 Å². The Balaban J connectivity index is 2.35. The lowest BCUT2D eigenvalue weighted by molar-refractivity contribution is 0.0668. The van der Waals surface area contributed by atoms with Crippen LogP contribution in [0.25, 0.3) is 0 Å². The van der Waals surface area contributed by atoms with Crippen molar-refractivity contribution in [2.24, 2.45) is 0 Å². The Morgan fingerprint density at radius 3 is 2.41 bits per heavy atom. The fraction of sp³-hybridized carbons (Fsp3) is 0.600. The number of hydrogen-bond acceptors (Lipinski definition) is 1. The highest BCUT2D eigenvalue weighted by molar-refractivity contribution is 9.09. The zero-order valence-corrected chi connectivity index (χ0v) is 12.5. The number of hydrogen-bond donors (Lipinski definition) is 0. The number of aryl methyl sites for hydroxylation is 1. The fourth-order valence-electron chi connectivity index (χ4n) is 1.77. The summed E-state index contributed by atoms with van der Waals surface area (Å²) >= 11 is 3.53. The van der Waals surface area contributed by atoms with Crippen LogP contribution < -0.4 is 0 Å². The Hall–Kier alpha value is -0.340. The number of unbranched alkanes of at least 4 members (excludes halogenated alkanes) is 3. The van der Waals surface area contributed by atoms with Crippen molar-refractivity contribution in [3.05, 3.63) is 35.4 Å². The molecule has 0 N–H and O–H groups in total. The van der Waals surface area contributed by atoms with Crippen molar-refractivity contribution in [1.29, 1.82) is 0 Å². The minimum Gasteiger partial charge on any atom is -0.373 e. The van der Waals surface area contributed by atoms with Crippen molar-refractivity contribution in [2.75, 3.05) is 11.9 Å². The van der Waals surface area contributed by atoms with Gasteiger partial charge in [0.2, 0.25) is 0 Å². The van der Waals surface area contributed by atoms with Crippen LogP contribution in [0.1, 0.15) is 49.8 Å². The lowest BCUT2D eigenvalue weighted by atomic mass is 10.1. The van der Waals surface area contributed by atoms with E-state index in [0.29, 0.717) is 0 Å². The standard InChI is InChI=1S/C15H23BrO/c1-3-4-5-6-11-17-15(12-16)14-9-7-13(2)8-10-14/h7-10,15H,3-6,11-12H2,1-2H3. The van der Waals surface area contributed by atoms with Crippen LogP contribution in [0.4, 0.5) is 0 Å². The fourth-order valence-corrected chi connectivity index (χ4v) is 2.33. The first-order chi connectivity index (χ1) is 8.27. The first-order valence-corrected chi connectivity index (χ1v) is 7.64. The molecule has 0 aliphatic rings. The van der Waals surface area contributed by atoms with E-state index in [4.69, 9.17) is 4.74 Å². The number of alkyl halides is 1. The molecule has 1 atom stereocenters. The molecule has 2 heteroatoms. The summed E-state index contributed by atoms with van der Waals surface area (Å²) in [6, 6.07) is 8.61. The average Bonchev–Trinajstić information content (AvgIpc) is 2.35. The van der Waals surface area contributed by atoms with Crippen molar-refractivity contribution in [1.82, 2.24) is 0 Å². The topological polar surface area (TPSA) is 9.23 Å². The Morgan fingerprint density at radius 2 is 1.82 bits per heavy atom. The lowest BCUT2D eigenvalue weighted by Gasteiger charge is -2.16. The van der Waals surface area contributed by atoms with Crippen LogP contribution in [0.15, 0.2) is 24.3 Å². The summed E-state index contributed by atoms with van der Waals surface area (Å²) in [5.74, 6) is 0. The Kier molecular flexibility index (Phi) is 7.54. The highest BCUT2D eigenvalue weighted by Crippen LogP contribution is 2.20. The van der Waals surface area contributed by atoms with Gasteiger partial charge < -0.3 is 4.74 Å². The van der Waals surface area contributed by atoms with Crippen LogP contribution >= 0.6 is 15.9 Å². The van der Waals surface area contributed by atoms with E-state index < -0.39 is 0 Å². The van der Waals surface area contributed by atoms with Gasteiger partial charge in [-0.05, 0) is 18.9 Å². The molecule has 0 radical (unpaired) electrons. The van der Waals surface area contributed by atoms with E-state index >= 15 is 0 Å². The van der Waals surface area contributed by atoms with Gasteiger partial charge in [0.1, 0.15) is 0 Å². The van der Waals surface area contributed by atoms with Crippen molar-refractivity contribution in [3.8, 4) is 0 Å². The van der Waals surface area contributed by atoms with Crippen molar-refractivity contribution in [3.63, 3.8) is 0 Å². The third-order valence-electron chi connectivity index (χ3n) is 2.91. The molecule has 0 aliphatic carbocycles. The second-order valence-electron chi connectivity index (χ2n) is 4.49. The molecule has 1 nitrogen and oxygen atoms in total. The van der Waals surface area contributed by atoms with Crippen molar-refractivity contribution in [2.45, 2.75) is 45.6 Å².